The van der Waals surface area contributed by atoms with Crippen LogP contribution in [0.25, 0.3) is 0 Å². The van der Waals surface area contributed by atoms with Gasteiger partial charge in [0, 0.05) is 32.8 Å². The molecule has 13 nitrogen and oxygen atoms in total. The smallest absolute Gasteiger partial charge is 0.161 e. The van der Waals surface area contributed by atoms with Crippen molar-refractivity contribution in [1.29, 1.82) is 0 Å². The molecule has 4 rings (SSSR count). The van der Waals surface area contributed by atoms with Crippen LogP contribution in [0.3, 0.4) is 0 Å². The number of hydrogen-bond donors (Lipinski definition) is 5. The van der Waals surface area contributed by atoms with Gasteiger partial charge in [0.25, 0.3) is 0 Å². The Morgan fingerprint density at radius 3 is 1.34 bits per heavy atom. The molecule has 4 heterocycles. The molecule has 13 heteroatoms. The third-order valence-electron chi connectivity index (χ3n) is 7.82. The second-order valence-electron chi connectivity index (χ2n) is 10.8. The van der Waals surface area contributed by atoms with Gasteiger partial charge in [0.1, 0.15) is 24.4 Å². The van der Waals surface area contributed by atoms with E-state index in [0.717, 1.165) is 0 Å². The van der Waals surface area contributed by atoms with Gasteiger partial charge >= 0.3 is 0 Å². The average Bonchev–Trinajstić information content (AvgIpc) is 2.83. The van der Waals surface area contributed by atoms with Gasteiger partial charge in [-0.25, -0.2) is 0 Å². The Hall–Kier alpha value is -0.520. The van der Waals surface area contributed by atoms with Crippen molar-refractivity contribution < 1.29 is 63.4 Å². The fourth-order valence-corrected chi connectivity index (χ4v) is 5.70. The topological polar surface area (TPSA) is 175 Å². The standard InChI is InChI=1S/C25H44O13/c1-10-22(30)17(31-5)9-21(33-10)38-25-13(4)35-20(8-16(25)28)37-24-12(3)34-19(7-15(24)27)36-23-11(2)32-18(29)6-14(23)26/h10-30H,6-9H2,1-5H3/t10-,11-,12-,13-,14+,15-,16+,17+,18?,19+,20+,21+,22-,23-,24-,25-/m1/s1. The van der Waals surface area contributed by atoms with E-state index in [4.69, 9.17) is 37.9 Å². The number of hydrogen-bond acceptors (Lipinski definition) is 13. The Kier molecular flexibility index (Phi) is 10.4. The minimum absolute atomic E-state index is 0.0244. The van der Waals surface area contributed by atoms with Crippen molar-refractivity contribution in [3.05, 3.63) is 0 Å². The van der Waals surface area contributed by atoms with Crippen molar-refractivity contribution in [2.24, 2.45) is 0 Å². The molecule has 1 unspecified atom stereocenters. The molecule has 222 valence electrons. The number of aliphatic hydroxyl groups is 5. The zero-order chi connectivity index (χ0) is 27.7. The summed E-state index contributed by atoms with van der Waals surface area (Å²) in [6, 6.07) is 0. The van der Waals surface area contributed by atoms with Gasteiger partial charge in [-0.1, -0.05) is 0 Å². The monoisotopic (exact) mass is 552 g/mol. The lowest BCUT2D eigenvalue weighted by Gasteiger charge is -2.45. The number of rotatable bonds is 7. The van der Waals surface area contributed by atoms with Gasteiger partial charge in [-0.2, -0.15) is 0 Å². The van der Waals surface area contributed by atoms with Gasteiger partial charge < -0.3 is 63.4 Å². The lowest BCUT2D eigenvalue weighted by Crippen LogP contribution is -2.57. The summed E-state index contributed by atoms with van der Waals surface area (Å²) in [6.45, 7) is 6.92. The minimum atomic E-state index is -1.05. The summed E-state index contributed by atoms with van der Waals surface area (Å²) in [5.41, 5.74) is 0. The van der Waals surface area contributed by atoms with Crippen LogP contribution in [0, 0.1) is 0 Å². The molecule has 0 radical (unpaired) electrons. The Labute approximate surface area is 222 Å². The number of methoxy groups -OCH3 is 1. The highest BCUT2D eigenvalue weighted by molar-refractivity contribution is 4.89. The highest BCUT2D eigenvalue weighted by Gasteiger charge is 2.46. The van der Waals surface area contributed by atoms with Crippen molar-refractivity contribution in [2.45, 2.75) is 152 Å². The molecule has 0 bridgehead atoms. The average molecular weight is 553 g/mol. The highest BCUT2D eigenvalue weighted by Crippen LogP contribution is 2.33. The van der Waals surface area contributed by atoms with E-state index in [2.05, 4.69) is 0 Å². The van der Waals surface area contributed by atoms with Crippen molar-refractivity contribution in [3.63, 3.8) is 0 Å². The van der Waals surface area contributed by atoms with Gasteiger partial charge in [0.05, 0.1) is 48.8 Å². The van der Waals surface area contributed by atoms with Crippen LogP contribution >= 0.6 is 0 Å². The first-order valence-corrected chi connectivity index (χ1v) is 13.5. The minimum Gasteiger partial charge on any atom is -0.390 e. The van der Waals surface area contributed by atoms with Gasteiger partial charge in [-0.15, -0.1) is 0 Å². The Morgan fingerprint density at radius 2 is 0.921 bits per heavy atom. The van der Waals surface area contributed by atoms with Crippen LogP contribution in [0.1, 0.15) is 53.4 Å². The van der Waals surface area contributed by atoms with Gasteiger partial charge in [-0.05, 0) is 27.7 Å². The van der Waals surface area contributed by atoms with Crippen LogP contribution in [-0.2, 0) is 37.9 Å². The molecule has 4 aliphatic rings. The van der Waals surface area contributed by atoms with Crippen molar-refractivity contribution >= 4 is 0 Å². The summed E-state index contributed by atoms with van der Waals surface area (Å²) in [4.78, 5) is 0. The van der Waals surface area contributed by atoms with Gasteiger partial charge in [-0.3, -0.25) is 0 Å². The van der Waals surface area contributed by atoms with Crippen LogP contribution in [0.15, 0.2) is 0 Å². The van der Waals surface area contributed by atoms with E-state index >= 15 is 0 Å². The molecule has 0 saturated carbocycles. The molecular formula is C25H44O13. The maximum absolute atomic E-state index is 10.8. The van der Waals surface area contributed by atoms with Crippen molar-refractivity contribution in [2.75, 3.05) is 7.11 Å². The highest BCUT2D eigenvalue weighted by atomic mass is 16.7. The third kappa shape index (κ3) is 7.03. The van der Waals surface area contributed by atoms with Crippen LogP contribution in [-0.4, -0.2) is 131 Å². The first-order valence-electron chi connectivity index (χ1n) is 13.5. The maximum Gasteiger partial charge on any atom is 0.161 e. The summed E-state index contributed by atoms with van der Waals surface area (Å²) in [6.07, 6.45) is -11.1. The van der Waals surface area contributed by atoms with Gasteiger partial charge in [0.2, 0.25) is 0 Å². The zero-order valence-electron chi connectivity index (χ0n) is 22.6. The molecule has 5 N–H and O–H groups in total. The van der Waals surface area contributed by atoms with Crippen LogP contribution in [0.2, 0.25) is 0 Å². The van der Waals surface area contributed by atoms with Crippen molar-refractivity contribution in [1.82, 2.24) is 0 Å². The molecule has 0 aromatic carbocycles. The molecule has 4 fully saturated rings. The molecule has 0 amide bonds. The Balaban J connectivity index is 1.27. The van der Waals surface area contributed by atoms with Crippen LogP contribution < -0.4 is 0 Å². The summed E-state index contributed by atoms with van der Waals surface area (Å²) < 4.78 is 46.3. The largest absolute Gasteiger partial charge is 0.390 e. The quantitative estimate of drug-likeness (QED) is 0.264. The molecule has 4 saturated heterocycles. The molecule has 38 heavy (non-hydrogen) atoms. The third-order valence-corrected chi connectivity index (χ3v) is 7.82. The molecule has 0 spiro atoms. The van der Waals surface area contributed by atoms with Gasteiger partial charge in [0.15, 0.2) is 25.2 Å². The number of aliphatic hydroxyl groups excluding tert-OH is 5. The Morgan fingerprint density at radius 1 is 0.526 bits per heavy atom. The fraction of sp³-hybridized carbons (Fsp3) is 1.00. The first-order chi connectivity index (χ1) is 18.0. The normalized spacial score (nSPS) is 52.6. The molecular weight excluding hydrogens is 508 g/mol. The van der Waals surface area contributed by atoms with E-state index in [1.807, 2.05) is 0 Å². The van der Waals surface area contributed by atoms with Crippen LogP contribution in [0.4, 0.5) is 0 Å². The lowest BCUT2D eigenvalue weighted by atomic mass is 9.99. The second-order valence-corrected chi connectivity index (χ2v) is 10.8. The van der Waals surface area contributed by atoms with Crippen LogP contribution in [0.5, 0.6) is 0 Å². The summed E-state index contributed by atoms with van der Waals surface area (Å²) in [5.74, 6) is 0. The summed E-state index contributed by atoms with van der Waals surface area (Å²) in [7, 11) is 1.52. The Bertz CT molecular complexity index is 708. The summed E-state index contributed by atoms with van der Waals surface area (Å²) >= 11 is 0. The molecule has 4 aliphatic heterocycles. The molecule has 0 aliphatic carbocycles. The second kappa shape index (κ2) is 13.0. The van der Waals surface area contributed by atoms with Crippen molar-refractivity contribution in [3.8, 4) is 0 Å². The first kappa shape index (κ1) is 30.4. The van der Waals surface area contributed by atoms with E-state index < -0.39 is 98.4 Å². The van der Waals surface area contributed by atoms with E-state index in [1.165, 1.54) is 7.11 Å². The maximum atomic E-state index is 10.8. The summed E-state index contributed by atoms with van der Waals surface area (Å²) in [5, 5.41) is 51.8. The van der Waals surface area contributed by atoms with E-state index in [9.17, 15) is 25.5 Å². The molecule has 16 atom stereocenters. The molecule has 0 aromatic heterocycles. The number of ether oxygens (including phenoxy) is 8. The predicted octanol–water partition coefficient (Wildman–Crippen LogP) is -0.867. The SMILES string of the molecule is CO[C@H]1C[C@H](O[C@H]2[C@@H](O)C[C@H](O[C@H]3[C@H](O)C[C@H](O[C@H]4[C@@H](O)CC(O)O[C@@H]4C)O[C@@H]3C)O[C@@H]2C)O[C@H](C)[C@H]1O. The zero-order valence-corrected chi connectivity index (χ0v) is 22.6. The fourth-order valence-electron chi connectivity index (χ4n) is 5.70. The predicted molar refractivity (Wildman–Crippen MR) is 127 cm³/mol. The van der Waals surface area contributed by atoms with E-state index in [-0.39, 0.29) is 19.3 Å². The molecule has 0 aromatic rings. The van der Waals surface area contributed by atoms with E-state index in [1.54, 1.807) is 27.7 Å². The lowest BCUT2D eigenvalue weighted by molar-refractivity contribution is -0.342. The van der Waals surface area contributed by atoms with E-state index in [0.29, 0.717) is 6.42 Å².